The van der Waals surface area contributed by atoms with Gasteiger partial charge in [-0.3, -0.25) is 0 Å². The number of nitrogens with zero attached hydrogens (tertiary/aromatic N) is 1. The summed E-state index contributed by atoms with van der Waals surface area (Å²) >= 11 is 0. The zero-order valence-electron chi connectivity index (χ0n) is 12.3. The summed E-state index contributed by atoms with van der Waals surface area (Å²) in [6, 6.07) is 17.2. The van der Waals surface area contributed by atoms with Crippen LogP contribution in [0.2, 0.25) is 0 Å². The lowest BCUT2D eigenvalue weighted by molar-refractivity contribution is 0.320. The van der Waals surface area contributed by atoms with Gasteiger partial charge >= 0.3 is 0 Å². The number of ether oxygens (including phenoxy) is 1. The molecule has 2 heterocycles. The van der Waals surface area contributed by atoms with E-state index in [1.165, 1.54) is 22.0 Å². The quantitative estimate of drug-likeness (QED) is 0.693. The SMILES string of the molecule is CCc1cccc2ccn(CC3COc4ccccc43)c12. The van der Waals surface area contributed by atoms with Crippen molar-refractivity contribution in [2.75, 3.05) is 6.61 Å². The first kappa shape index (κ1) is 12.5. The summed E-state index contributed by atoms with van der Waals surface area (Å²) in [5.74, 6) is 1.50. The van der Waals surface area contributed by atoms with Gasteiger partial charge in [0.05, 0.1) is 12.1 Å². The Morgan fingerprint density at radius 2 is 2.00 bits per heavy atom. The molecule has 2 heteroatoms. The molecule has 0 amide bonds. The van der Waals surface area contributed by atoms with Crippen LogP contribution in [0.4, 0.5) is 0 Å². The van der Waals surface area contributed by atoms with E-state index in [-0.39, 0.29) is 0 Å². The number of para-hydroxylation sites is 2. The maximum Gasteiger partial charge on any atom is 0.122 e. The van der Waals surface area contributed by atoms with Crippen LogP contribution in [0.25, 0.3) is 10.9 Å². The van der Waals surface area contributed by atoms with E-state index in [2.05, 4.69) is 60.2 Å². The second-order valence-electron chi connectivity index (χ2n) is 5.72. The Hall–Kier alpha value is -2.22. The number of rotatable bonds is 3. The van der Waals surface area contributed by atoms with Gasteiger partial charge in [0.2, 0.25) is 0 Å². The molecular formula is C19H19NO. The number of aromatic nitrogens is 1. The fourth-order valence-corrected chi connectivity index (χ4v) is 3.40. The molecule has 2 aromatic carbocycles. The Bertz CT molecular complexity index is 787. The van der Waals surface area contributed by atoms with E-state index in [0.717, 1.165) is 25.3 Å². The van der Waals surface area contributed by atoms with Crippen molar-refractivity contribution in [1.29, 1.82) is 0 Å². The number of aryl methyl sites for hydroxylation is 1. The van der Waals surface area contributed by atoms with Gasteiger partial charge in [-0.2, -0.15) is 0 Å². The van der Waals surface area contributed by atoms with Gasteiger partial charge in [-0.15, -0.1) is 0 Å². The summed E-state index contributed by atoms with van der Waals surface area (Å²) in [6.07, 6.45) is 3.28. The van der Waals surface area contributed by atoms with Crippen LogP contribution in [0.15, 0.2) is 54.7 Å². The van der Waals surface area contributed by atoms with Crippen molar-refractivity contribution >= 4 is 10.9 Å². The summed E-state index contributed by atoms with van der Waals surface area (Å²) in [5.41, 5.74) is 4.14. The van der Waals surface area contributed by atoms with Crippen LogP contribution < -0.4 is 4.74 Å². The third-order valence-electron chi connectivity index (χ3n) is 4.47. The van der Waals surface area contributed by atoms with Crippen molar-refractivity contribution in [2.24, 2.45) is 0 Å². The number of benzene rings is 2. The summed E-state index contributed by atoms with van der Waals surface area (Å²) in [5, 5.41) is 1.33. The van der Waals surface area contributed by atoms with E-state index in [1.807, 2.05) is 6.07 Å². The highest BCUT2D eigenvalue weighted by Gasteiger charge is 2.24. The molecule has 0 aliphatic carbocycles. The van der Waals surface area contributed by atoms with Crippen LogP contribution in [0.1, 0.15) is 24.0 Å². The maximum atomic E-state index is 5.82. The van der Waals surface area contributed by atoms with Crippen molar-refractivity contribution in [1.82, 2.24) is 4.57 Å². The molecule has 1 aromatic heterocycles. The van der Waals surface area contributed by atoms with Crippen LogP contribution in [-0.4, -0.2) is 11.2 Å². The molecular weight excluding hydrogens is 258 g/mol. The third-order valence-corrected chi connectivity index (χ3v) is 4.47. The Morgan fingerprint density at radius 1 is 1.10 bits per heavy atom. The van der Waals surface area contributed by atoms with E-state index in [9.17, 15) is 0 Å². The molecule has 0 spiro atoms. The highest BCUT2D eigenvalue weighted by Crippen LogP contribution is 2.35. The first-order valence-corrected chi connectivity index (χ1v) is 7.65. The molecule has 3 aromatic rings. The molecule has 1 aliphatic rings. The average Bonchev–Trinajstić information content (AvgIpc) is 3.13. The molecule has 0 bridgehead atoms. The van der Waals surface area contributed by atoms with Crippen molar-refractivity contribution < 1.29 is 4.74 Å². The molecule has 4 rings (SSSR count). The normalized spacial score (nSPS) is 16.9. The molecule has 21 heavy (non-hydrogen) atoms. The number of hydrogen-bond acceptors (Lipinski definition) is 1. The largest absolute Gasteiger partial charge is 0.493 e. The van der Waals surface area contributed by atoms with Crippen molar-refractivity contribution in [3.05, 3.63) is 65.9 Å². The molecule has 0 N–H and O–H groups in total. The van der Waals surface area contributed by atoms with Crippen molar-refractivity contribution in [3.63, 3.8) is 0 Å². The Kier molecular flexibility index (Phi) is 2.95. The fourth-order valence-electron chi connectivity index (χ4n) is 3.40. The van der Waals surface area contributed by atoms with Crippen LogP contribution in [0.5, 0.6) is 5.75 Å². The second-order valence-corrected chi connectivity index (χ2v) is 5.72. The first-order chi connectivity index (χ1) is 10.4. The van der Waals surface area contributed by atoms with E-state index < -0.39 is 0 Å². The Balaban J connectivity index is 1.73. The fraction of sp³-hybridized carbons (Fsp3) is 0.263. The van der Waals surface area contributed by atoms with E-state index in [4.69, 9.17) is 4.74 Å². The van der Waals surface area contributed by atoms with Crippen LogP contribution in [0, 0.1) is 0 Å². The van der Waals surface area contributed by atoms with Gasteiger partial charge in [0.1, 0.15) is 5.75 Å². The molecule has 1 aliphatic heterocycles. The topological polar surface area (TPSA) is 14.2 Å². The minimum atomic E-state index is 0.446. The summed E-state index contributed by atoms with van der Waals surface area (Å²) in [7, 11) is 0. The summed E-state index contributed by atoms with van der Waals surface area (Å²) in [6.45, 7) is 3.99. The predicted molar refractivity (Wildman–Crippen MR) is 86.0 cm³/mol. The zero-order chi connectivity index (χ0) is 14.2. The van der Waals surface area contributed by atoms with Gasteiger partial charge in [0.15, 0.2) is 0 Å². The van der Waals surface area contributed by atoms with Gasteiger partial charge in [0, 0.05) is 24.2 Å². The zero-order valence-corrected chi connectivity index (χ0v) is 12.3. The van der Waals surface area contributed by atoms with Gasteiger partial charge in [-0.05, 0) is 29.5 Å². The van der Waals surface area contributed by atoms with Gasteiger partial charge in [-0.1, -0.05) is 43.3 Å². The highest BCUT2D eigenvalue weighted by molar-refractivity contribution is 5.83. The number of fused-ring (bicyclic) bond motifs is 2. The molecule has 106 valence electrons. The smallest absolute Gasteiger partial charge is 0.122 e. The van der Waals surface area contributed by atoms with Gasteiger partial charge < -0.3 is 9.30 Å². The molecule has 0 saturated heterocycles. The lowest BCUT2D eigenvalue weighted by atomic mass is 10.0. The maximum absolute atomic E-state index is 5.82. The molecule has 1 atom stereocenters. The molecule has 0 saturated carbocycles. The minimum absolute atomic E-state index is 0.446. The third kappa shape index (κ3) is 2.02. The highest BCUT2D eigenvalue weighted by atomic mass is 16.5. The summed E-state index contributed by atoms with van der Waals surface area (Å²) < 4.78 is 8.21. The van der Waals surface area contributed by atoms with E-state index in [1.54, 1.807) is 0 Å². The van der Waals surface area contributed by atoms with Crippen LogP contribution in [-0.2, 0) is 13.0 Å². The minimum Gasteiger partial charge on any atom is -0.493 e. The Morgan fingerprint density at radius 3 is 2.90 bits per heavy atom. The van der Waals surface area contributed by atoms with E-state index in [0.29, 0.717) is 5.92 Å². The first-order valence-electron chi connectivity index (χ1n) is 7.65. The Labute approximate surface area is 125 Å². The molecule has 0 radical (unpaired) electrons. The number of hydrogen-bond donors (Lipinski definition) is 0. The standard InChI is InChI=1S/C19H19NO/c1-2-14-6-5-7-15-10-11-20(19(14)15)12-16-13-21-18-9-4-3-8-17(16)18/h3-11,16H,2,12-13H2,1H3. The van der Waals surface area contributed by atoms with Crippen LogP contribution in [0.3, 0.4) is 0 Å². The molecule has 1 unspecified atom stereocenters. The molecule has 0 fully saturated rings. The monoisotopic (exact) mass is 277 g/mol. The second kappa shape index (κ2) is 4.96. The summed E-state index contributed by atoms with van der Waals surface area (Å²) in [4.78, 5) is 0. The van der Waals surface area contributed by atoms with Crippen LogP contribution >= 0.6 is 0 Å². The van der Waals surface area contributed by atoms with Gasteiger partial charge in [-0.25, -0.2) is 0 Å². The van der Waals surface area contributed by atoms with Gasteiger partial charge in [0.25, 0.3) is 0 Å². The lowest BCUT2D eigenvalue weighted by Gasteiger charge is -2.13. The predicted octanol–water partition coefficient (Wildman–Crippen LogP) is 4.38. The molecule has 2 nitrogen and oxygen atoms in total. The van der Waals surface area contributed by atoms with Crippen molar-refractivity contribution in [2.45, 2.75) is 25.8 Å². The average molecular weight is 277 g/mol. The van der Waals surface area contributed by atoms with Crippen molar-refractivity contribution in [3.8, 4) is 5.75 Å². The van der Waals surface area contributed by atoms with E-state index >= 15 is 0 Å². The lowest BCUT2D eigenvalue weighted by Crippen LogP contribution is -2.10.